The van der Waals surface area contributed by atoms with Crippen LogP contribution in [-0.2, 0) is 6.42 Å². The predicted molar refractivity (Wildman–Crippen MR) is 113 cm³/mol. The van der Waals surface area contributed by atoms with E-state index in [1.165, 1.54) is 30.5 Å². The molecule has 0 saturated heterocycles. The van der Waals surface area contributed by atoms with Gasteiger partial charge in [0, 0.05) is 29.5 Å². The van der Waals surface area contributed by atoms with Crippen molar-refractivity contribution in [2.75, 3.05) is 0 Å². The second-order valence-corrected chi connectivity index (χ2v) is 7.85. The molecule has 0 bridgehead atoms. The van der Waals surface area contributed by atoms with Gasteiger partial charge in [-0.3, -0.25) is 19.7 Å². The van der Waals surface area contributed by atoms with Gasteiger partial charge in [-0.25, -0.2) is 10.1 Å². The van der Waals surface area contributed by atoms with E-state index < -0.39 is 16.2 Å². The van der Waals surface area contributed by atoms with Crippen molar-refractivity contribution >= 4 is 23.1 Å². The van der Waals surface area contributed by atoms with E-state index in [2.05, 4.69) is 15.6 Å². The van der Waals surface area contributed by atoms with Crippen LogP contribution in [0.4, 0.5) is 5.69 Å². The van der Waals surface area contributed by atoms with Gasteiger partial charge in [0.1, 0.15) is 5.71 Å². The SMILES string of the molecule is CC1(C)Cc2c(cnn2-c2ccccc2)C(=O)/C1=N/NC(=O)c1ccc([N+](=O)[O-])cc1. The zero-order valence-corrected chi connectivity index (χ0v) is 16.9. The lowest BCUT2D eigenvalue weighted by molar-refractivity contribution is -0.384. The molecular formula is C22H19N5O4. The van der Waals surface area contributed by atoms with Gasteiger partial charge in [-0.05, 0) is 24.3 Å². The van der Waals surface area contributed by atoms with Gasteiger partial charge in [0.25, 0.3) is 11.6 Å². The van der Waals surface area contributed by atoms with Crippen molar-refractivity contribution in [1.29, 1.82) is 0 Å². The van der Waals surface area contributed by atoms with Crippen molar-refractivity contribution in [2.24, 2.45) is 10.5 Å². The van der Waals surface area contributed by atoms with Crippen LogP contribution in [0.1, 0.15) is 40.3 Å². The van der Waals surface area contributed by atoms with Crippen LogP contribution in [0.2, 0.25) is 0 Å². The van der Waals surface area contributed by atoms with Crippen LogP contribution < -0.4 is 5.43 Å². The minimum atomic E-state index is -0.639. The number of non-ortho nitro benzene ring substituents is 1. The third-order valence-electron chi connectivity index (χ3n) is 5.19. The summed E-state index contributed by atoms with van der Waals surface area (Å²) in [4.78, 5) is 35.8. The molecule has 0 unspecified atom stereocenters. The summed E-state index contributed by atoms with van der Waals surface area (Å²) < 4.78 is 1.75. The van der Waals surface area contributed by atoms with Crippen molar-refractivity contribution in [1.82, 2.24) is 15.2 Å². The standard InChI is InChI=1S/C22H19N5O4/c1-22(2)12-18-17(13-23-26(18)15-6-4-3-5-7-15)19(28)20(22)24-25-21(29)14-8-10-16(11-9-14)27(30)31/h3-11,13H,12H2,1-2H3,(H,25,29)/b24-20-. The van der Waals surface area contributed by atoms with E-state index >= 15 is 0 Å². The van der Waals surface area contributed by atoms with Gasteiger partial charge < -0.3 is 0 Å². The molecule has 0 atom stereocenters. The molecule has 31 heavy (non-hydrogen) atoms. The largest absolute Gasteiger partial charge is 0.287 e. The molecule has 1 amide bonds. The maximum absolute atomic E-state index is 13.1. The first-order valence-corrected chi connectivity index (χ1v) is 9.58. The Morgan fingerprint density at radius 3 is 2.48 bits per heavy atom. The first-order chi connectivity index (χ1) is 14.8. The second kappa shape index (κ2) is 7.60. The Bertz CT molecular complexity index is 1210. The number of hydrazone groups is 1. The lowest BCUT2D eigenvalue weighted by atomic mass is 9.74. The van der Waals surface area contributed by atoms with Crippen molar-refractivity contribution < 1.29 is 14.5 Å². The first kappa shape index (κ1) is 20.1. The van der Waals surface area contributed by atoms with Crippen LogP contribution in [0.15, 0.2) is 65.9 Å². The summed E-state index contributed by atoms with van der Waals surface area (Å²) in [5.41, 5.74) is 4.18. The number of amides is 1. The monoisotopic (exact) mass is 417 g/mol. The highest BCUT2D eigenvalue weighted by atomic mass is 16.6. The van der Waals surface area contributed by atoms with Gasteiger partial charge in [-0.15, -0.1) is 0 Å². The van der Waals surface area contributed by atoms with E-state index in [-0.39, 0.29) is 22.7 Å². The fourth-order valence-electron chi connectivity index (χ4n) is 3.57. The van der Waals surface area contributed by atoms with E-state index in [1.54, 1.807) is 4.68 Å². The minimum absolute atomic E-state index is 0.116. The number of hydrogen-bond acceptors (Lipinski definition) is 6. The number of para-hydroxylation sites is 1. The number of hydrogen-bond donors (Lipinski definition) is 1. The number of nitro benzene ring substituents is 1. The summed E-state index contributed by atoms with van der Waals surface area (Å²) in [6, 6.07) is 14.7. The third-order valence-corrected chi connectivity index (χ3v) is 5.19. The molecule has 1 aliphatic rings. The quantitative estimate of drug-likeness (QED) is 0.516. The zero-order chi connectivity index (χ0) is 22.2. The maximum Gasteiger partial charge on any atom is 0.271 e. The molecule has 3 aromatic rings. The van der Waals surface area contributed by atoms with E-state index in [9.17, 15) is 19.7 Å². The van der Waals surface area contributed by atoms with Crippen LogP contribution in [0.25, 0.3) is 5.69 Å². The van der Waals surface area contributed by atoms with Gasteiger partial charge >= 0.3 is 0 Å². The average molecular weight is 417 g/mol. The highest BCUT2D eigenvalue weighted by Crippen LogP contribution is 2.34. The highest BCUT2D eigenvalue weighted by molar-refractivity contribution is 6.48. The number of ketones is 1. The molecule has 4 rings (SSSR count). The molecule has 0 spiro atoms. The molecule has 2 aromatic carbocycles. The minimum Gasteiger partial charge on any atom is -0.287 e. The number of benzene rings is 2. The van der Waals surface area contributed by atoms with Crippen LogP contribution in [0, 0.1) is 15.5 Å². The van der Waals surface area contributed by atoms with Crippen LogP contribution >= 0.6 is 0 Å². The maximum atomic E-state index is 13.1. The van der Waals surface area contributed by atoms with Gasteiger partial charge in [0.2, 0.25) is 5.78 Å². The Labute approximate surface area is 177 Å². The zero-order valence-electron chi connectivity index (χ0n) is 16.9. The molecule has 1 heterocycles. The topological polar surface area (TPSA) is 119 Å². The second-order valence-electron chi connectivity index (χ2n) is 7.85. The fourth-order valence-corrected chi connectivity index (χ4v) is 3.57. The van der Waals surface area contributed by atoms with Crippen molar-refractivity contribution in [3.05, 3.63) is 87.7 Å². The summed E-state index contributed by atoms with van der Waals surface area (Å²) in [5, 5.41) is 19.3. The number of nitro groups is 1. The molecule has 0 aliphatic heterocycles. The number of carbonyl (C=O) groups excluding carboxylic acids is 2. The Morgan fingerprint density at radius 1 is 1.16 bits per heavy atom. The first-order valence-electron chi connectivity index (χ1n) is 9.58. The molecular weight excluding hydrogens is 398 g/mol. The number of nitrogens with zero attached hydrogens (tertiary/aromatic N) is 4. The Hall–Kier alpha value is -4.14. The van der Waals surface area contributed by atoms with Crippen LogP contribution in [0.3, 0.4) is 0 Å². The number of nitrogens with one attached hydrogen (secondary N) is 1. The number of fused-ring (bicyclic) bond motifs is 1. The molecule has 0 saturated carbocycles. The highest BCUT2D eigenvalue weighted by Gasteiger charge is 2.40. The molecule has 9 nitrogen and oxygen atoms in total. The van der Waals surface area contributed by atoms with E-state index in [1.807, 2.05) is 44.2 Å². The van der Waals surface area contributed by atoms with Crippen LogP contribution in [-0.4, -0.2) is 32.1 Å². The lowest BCUT2D eigenvalue weighted by Crippen LogP contribution is -2.40. The molecule has 9 heteroatoms. The Balaban J connectivity index is 1.60. The summed E-state index contributed by atoms with van der Waals surface area (Å²) in [6.07, 6.45) is 2.03. The van der Waals surface area contributed by atoms with E-state index in [0.29, 0.717) is 12.0 Å². The Morgan fingerprint density at radius 2 is 1.84 bits per heavy atom. The van der Waals surface area contributed by atoms with Crippen molar-refractivity contribution in [3.63, 3.8) is 0 Å². The normalized spacial score (nSPS) is 16.1. The molecule has 0 radical (unpaired) electrons. The number of carbonyl (C=O) groups is 2. The van der Waals surface area contributed by atoms with Gasteiger partial charge in [0.05, 0.1) is 28.1 Å². The lowest BCUT2D eigenvalue weighted by Gasteiger charge is -2.30. The predicted octanol–water partition coefficient (Wildman–Crippen LogP) is 3.33. The van der Waals surface area contributed by atoms with Crippen LogP contribution in [0.5, 0.6) is 0 Å². The van der Waals surface area contributed by atoms with E-state index in [4.69, 9.17) is 0 Å². The van der Waals surface area contributed by atoms with E-state index in [0.717, 1.165) is 11.4 Å². The molecule has 1 aliphatic carbocycles. The summed E-state index contributed by atoms with van der Waals surface area (Å²) in [6.45, 7) is 3.76. The van der Waals surface area contributed by atoms with Gasteiger partial charge in [-0.2, -0.15) is 10.2 Å². The van der Waals surface area contributed by atoms with Crippen molar-refractivity contribution in [3.8, 4) is 5.69 Å². The summed E-state index contributed by atoms with van der Waals surface area (Å²) in [5.74, 6) is -0.853. The smallest absolute Gasteiger partial charge is 0.271 e. The van der Waals surface area contributed by atoms with Gasteiger partial charge in [0.15, 0.2) is 0 Å². The average Bonchev–Trinajstić information content (AvgIpc) is 3.17. The molecule has 1 N–H and O–H groups in total. The van der Waals surface area contributed by atoms with Gasteiger partial charge in [-0.1, -0.05) is 32.0 Å². The molecule has 0 fully saturated rings. The number of aromatic nitrogens is 2. The molecule has 1 aromatic heterocycles. The molecule has 156 valence electrons. The summed E-state index contributed by atoms with van der Waals surface area (Å²) >= 11 is 0. The Kier molecular flexibility index (Phi) is 4.94. The van der Waals surface area contributed by atoms with Crippen molar-refractivity contribution in [2.45, 2.75) is 20.3 Å². The fraction of sp³-hybridized carbons (Fsp3) is 0.182. The third kappa shape index (κ3) is 3.73. The number of rotatable bonds is 4. The summed E-state index contributed by atoms with van der Waals surface area (Å²) in [7, 11) is 0. The number of Topliss-reactive ketones (excluding diaryl/α,β-unsaturated/α-hetero) is 1.